The second-order valence-corrected chi connectivity index (χ2v) is 6.12. The molecule has 0 radical (unpaired) electrons. The largest absolute Gasteiger partial charge is 2.00 e. The van der Waals surface area contributed by atoms with Crippen molar-refractivity contribution >= 4 is 99.9 Å². The number of aliphatic carboxylic acids is 1. The van der Waals surface area contributed by atoms with Crippen molar-refractivity contribution in [1.29, 1.82) is 0 Å². The number of Topliss-reactive ketones (excluding diaryl/α,β-unsaturated/α-hetero) is 1. The van der Waals surface area contributed by atoms with Crippen LogP contribution in [0.25, 0.3) is 0 Å². The first kappa shape index (κ1) is 50.0. The molecule has 0 bridgehead atoms. The zero-order valence-corrected chi connectivity index (χ0v) is 29.5. The summed E-state index contributed by atoms with van der Waals surface area (Å²) in [4.78, 5) is 59.3. The number of rotatable bonds is 6. The van der Waals surface area contributed by atoms with Gasteiger partial charge < -0.3 is 49.3 Å². The molecule has 2 aromatic rings. The zero-order valence-electron chi connectivity index (χ0n) is 19.6. The maximum atomic E-state index is 11.4. The fourth-order valence-electron chi connectivity index (χ4n) is 1.61. The summed E-state index contributed by atoms with van der Waals surface area (Å²) in [7, 11) is 2.35. The minimum absolute atomic E-state index is 0. The van der Waals surface area contributed by atoms with Crippen LogP contribution in [0, 0.1) is 0 Å². The molecule has 0 fully saturated rings. The molecule has 0 spiro atoms. The molecule has 11 nitrogen and oxygen atoms in total. The smallest absolute Gasteiger partial charge is 1.00 e. The van der Waals surface area contributed by atoms with Crippen molar-refractivity contribution in [3.8, 4) is 0 Å². The van der Waals surface area contributed by atoms with Crippen LogP contribution in [0.3, 0.4) is 0 Å². The topological polar surface area (TPSA) is 173 Å². The Morgan fingerprint density at radius 3 is 1.54 bits per heavy atom. The number of nitrogens with zero attached hydrogens (tertiary/aromatic N) is 2. The second kappa shape index (κ2) is 29.1. The number of carbonyl (C=O) groups excluding carboxylic acids is 4. The van der Waals surface area contributed by atoms with Crippen molar-refractivity contribution in [3.63, 3.8) is 0 Å². The van der Waals surface area contributed by atoms with Crippen LogP contribution in [0.1, 0.15) is 33.6 Å². The van der Waals surface area contributed by atoms with Crippen molar-refractivity contribution in [2.45, 2.75) is 12.8 Å². The summed E-state index contributed by atoms with van der Waals surface area (Å²) in [6, 6.07) is 5.59. The summed E-state index contributed by atoms with van der Waals surface area (Å²) in [5.41, 5.74) is 0.510. The van der Waals surface area contributed by atoms with Gasteiger partial charge in [0.1, 0.15) is 16.7 Å². The van der Waals surface area contributed by atoms with E-state index in [0.717, 1.165) is 7.11 Å². The van der Waals surface area contributed by atoms with Gasteiger partial charge in [-0.05, 0) is 24.3 Å². The number of aromatic nitrogens is 2. The number of carboxylic acids is 2. The Kier molecular flexibility index (Phi) is 39.4. The SMILES string of the molecule is COC(=O)CC(=O)[O-].COC(=O)CC(=O)c1ccnc(Cl)c1.I.O=C(O)c1ccnc(Cl)c1.[Cl-].[Cl-].[K+].[Mg+2]. The van der Waals surface area contributed by atoms with Crippen molar-refractivity contribution in [3.05, 3.63) is 58.1 Å². The molecule has 0 saturated heterocycles. The quantitative estimate of drug-likeness (QED) is 0.0743. The van der Waals surface area contributed by atoms with Gasteiger partial charge >= 0.3 is 92.3 Å². The Morgan fingerprint density at radius 2 is 1.24 bits per heavy atom. The Morgan fingerprint density at radius 1 is 0.865 bits per heavy atom. The van der Waals surface area contributed by atoms with Gasteiger partial charge in [0.2, 0.25) is 0 Å². The molecule has 2 aromatic heterocycles. The fraction of sp³-hybridized carbons (Fsp3) is 0.211. The predicted molar refractivity (Wildman–Crippen MR) is 129 cm³/mol. The molecule has 0 aliphatic rings. The van der Waals surface area contributed by atoms with Gasteiger partial charge in [0.25, 0.3) is 0 Å². The molecular weight excluding hydrogens is 732 g/mol. The molecule has 0 unspecified atom stereocenters. The molecule has 0 aliphatic carbocycles. The van der Waals surface area contributed by atoms with Gasteiger partial charge in [0.15, 0.2) is 5.78 Å². The number of pyridine rings is 2. The van der Waals surface area contributed by atoms with Crippen molar-refractivity contribution in [1.82, 2.24) is 9.97 Å². The minimum Gasteiger partial charge on any atom is -1.00 e. The summed E-state index contributed by atoms with van der Waals surface area (Å²) >= 11 is 11.0. The first-order valence-corrected chi connectivity index (χ1v) is 9.08. The molecule has 196 valence electrons. The van der Waals surface area contributed by atoms with E-state index < -0.39 is 30.3 Å². The van der Waals surface area contributed by atoms with E-state index >= 15 is 0 Å². The number of carboxylic acid groups (broad SMARTS) is 2. The number of carbonyl (C=O) groups is 5. The van der Waals surface area contributed by atoms with Crippen LogP contribution < -0.4 is 81.3 Å². The number of methoxy groups -OCH3 is 2. The summed E-state index contributed by atoms with van der Waals surface area (Å²) in [5.74, 6) is -4.10. The second-order valence-electron chi connectivity index (χ2n) is 5.34. The van der Waals surface area contributed by atoms with Gasteiger partial charge in [-0.3, -0.25) is 14.4 Å². The molecule has 2 rings (SSSR count). The molecule has 2 heterocycles. The third kappa shape index (κ3) is 26.1. The van der Waals surface area contributed by atoms with Crippen LogP contribution in [-0.2, 0) is 23.9 Å². The summed E-state index contributed by atoms with van der Waals surface area (Å²) in [6.07, 6.45) is 1.81. The van der Waals surface area contributed by atoms with Gasteiger partial charge in [-0.25, -0.2) is 14.8 Å². The number of ketones is 1. The zero-order chi connectivity index (χ0) is 24.7. The van der Waals surface area contributed by atoms with E-state index in [4.69, 9.17) is 28.3 Å². The fourth-order valence-corrected chi connectivity index (χ4v) is 1.95. The van der Waals surface area contributed by atoms with Crippen LogP contribution in [0.5, 0.6) is 0 Å². The van der Waals surface area contributed by atoms with Crippen molar-refractivity contribution < 1.29 is 120 Å². The maximum Gasteiger partial charge on any atom is 2.00 e. The Labute approximate surface area is 310 Å². The van der Waals surface area contributed by atoms with Gasteiger partial charge in [-0.15, -0.1) is 24.0 Å². The maximum absolute atomic E-state index is 11.4. The Hall–Kier alpha value is 0.143. The average molecular weight is 750 g/mol. The van der Waals surface area contributed by atoms with Crippen LogP contribution in [0.15, 0.2) is 36.7 Å². The van der Waals surface area contributed by atoms with E-state index in [2.05, 4.69) is 19.4 Å². The third-order valence-corrected chi connectivity index (χ3v) is 3.48. The molecule has 1 N–H and O–H groups in total. The van der Waals surface area contributed by atoms with E-state index in [1.165, 1.54) is 43.8 Å². The third-order valence-electron chi connectivity index (χ3n) is 3.07. The molecule has 0 amide bonds. The van der Waals surface area contributed by atoms with Gasteiger partial charge in [-0.2, -0.15) is 0 Å². The predicted octanol–water partition coefficient (Wildman–Crippen LogP) is -7.54. The van der Waals surface area contributed by atoms with Gasteiger partial charge in [-0.1, -0.05) is 23.2 Å². The first-order valence-electron chi connectivity index (χ1n) is 8.33. The van der Waals surface area contributed by atoms with Gasteiger partial charge in [0.05, 0.1) is 32.2 Å². The molecule has 0 aromatic carbocycles. The number of esters is 2. The number of ether oxygens (including phenoxy) is 2. The molecular formula is C19H18Cl4IKMgN2O9. The Bertz CT molecular complexity index is 994. The van der Waals surface area contributed by atoms with E-state index in [0.29, 0.717) is 5.56 Å². The summed E-state index contributed by atoms with van der Waals surface area (Å²) in [6.45, 7) is 0. The van der Waals surface area contributed by atoms with Crippen LogP contribution in [-0.4, -0.2) is 82.0 Å². The number of hydrogen-bond acceptors (Lipinski definition) is 10. The number of halogens is 5. The number of hydrogen-bond donors (Lipinski definition) is 1. The summed E-state index contributed by atoms with van der Waals surface area (Å²) < 4.78 is 8.37. The molecule has 37 heavy (non-hydrogen) atoms. The standard InChI is InChI=1S/C9H8ClNO3.C6H4ClNO2.C4H6O4.2ClH.HI.K.Mg/c1-14-9(13)5-7(12)6-2-3-11-8(10)4-6;7-5-3-4(6(9)10)1-2-8-5;1-8-4(7)2-3(5)6;;;;;/h2-4H,5H2,1H3;1-3H,(H,9,10);2H2,1H3,(H,5,6);3*1H;;/q;;;;;;+1;+2/p-3. The van der Waals surface area contributed by atoms with Gasteiger partial charge in [0, 0.05) is 18.0 Å². The van der Waals surface area contributed by atoms with Crippen molar-refractivity contribution in [2.24, 2.45) is 0 Å². The average Bonchev–Trinajstić information content (AvgIpc) is 2.74. The first-order chi connectivity index (χ1) is 15.0. The monoisotopic (exact) mass is 748 g/mol. The molecule has 0 aliphatic heterocycles. The van der Waals surface area contributed by atoms with Crippen LogP contribution >= 0.6 is 47.2 Å². The van der Waals surface area contributed by atoms with E-state index in [-0.39, 0.29) is 151 Å². The number of aromatic carboxylic acids is 1. The van der Waals surface area contributed by atoms with Crippen LogP contribution in [0.4, 0.5) is 0 Å². The Balaban J connectivity index is -0.0000000946. The molecule has 0 saturated carbocycles. The van der Waals surface area contributed by atoms with E-state index in [9.17, 15) is 29.1 Å². The van der Waals surface area contributed by atoms with E-state index in [1.54, 1.807) is 0 Å². The molecule has 18 heteroatoms. The van der Waals surface area contributed by atoms with Crippen molar-refractivity contribution in [2.75, 3.05) is 14.2 Å². The normalized spacial score (nSPS) is 7.89. The van der Waals surface area contributed by atoms with Crippen LogP contribution in [0.2, 0.25) is 10.3 Å². The van der Waals surface area contributed by atoms with E-state index in [1.807, 2.05) is 0 Å². The molecule has 0 atom stereocenters. The minimum atomic E-state index is -1.42. The summed E-state index contributed by atoms with van der Waals surface area (Å²) in [5, 5.41) is 18.4.